The average molecular weight is 350 g/mol. The highest BCUT2D eigenvalue weighted by Crippen LogP contribution is 2.29. The fourth-order valence-electron chi connectivity index (χ4n) is 2.87. The molecule has 0 aliphatic carbocycles. The number of primary sulfonamides is 1. The quantitative estimate of drug-likeness (QED) is 0.787. The number of benzene rings is 1. The van der Waals surface area contributed by atoms with E-state index in [2.05, 4.69) is 0 Å². The summed E-state index contributed by atoms with van der Waals surface area (Å²) in [6.07, 6.45) is 0.291. The number of amides is 1. The molecule has 1 saturated heterocycles. The molecule has 126 valence electrons. The molecule has 1 aromatic heterocycles. The van der Waals surface area contributed by atoms with E-state index in [-0.39, 0.29) is 41.1 Å². The highest BCUT2D eigenvalue weighted by atomic mass is 32.2. The number of hydrogen-bond donors (Lipinski definition) is 1. The number of aldehydes is 1. The molecule has 2 heterocycles. The molecule has 24 heavy (non-hydrogen) atoms. The minimum atomic E-state index is -3.74. The van der Waals surface area contributed by atoms with Crippen LogP contribution < -0.4 is 15.5 Å². The third-order valence-electron chi connectivity index (χ3n) is 3.85. The van der Waals surface area contributed by atoms with Gasteiger partial charge in [0.2, 0.25) is 27.2 Å². The van der Waals surface area contributed by atoms with Crippen molar-refractivity contribution in [3.8, 4) is 0 Å². The molecule has 1 fully saturated rings. The number of carbonyl (C=O) groups is 2. The van der Waals surface area contributed by atoms with Crippen LogP contribution in [-0.2, 0) is 14.8 Å². The van der Waals surface area contributed by atoms with E-state index in [1.165, 1.54) is 6.07 Å². The Morgan fingerprint density at radius 3 is 2.67 bits per heavy atom. The first kappa shape index (κ1) is 16.3. The molecule has 1 aliphatic rings. The van der Waals surface area contributed by atoms with Gasteiger partial charge >= 0.3 is 0 Å². The fourth-order valence-corrected chi connectivity index (χ4v) is 3.75. The number of anilines is 1. The van der Waals surface area contributed by atoms with Gasteiger partial charge in [-0.05, 0) is 12.1 Å². The van der Waals surface area contributed by atoms with Gasteiger partial charge in [0.15, 0.2) is 6.29 Å². The molecule has 0 radical (unpaired) electrons. The number of nitrogens with two attached hydrogens (primary N) is 1. The third-order valence-corrected chi connectivity index (χ3v) is 4.79. The summed E-state index contributed by atoms with van der Waals surface area (Å²) < 4.78 is 28.0. The SMILES string of the molecule is NS(=O)(=O)CC1CC(=O)N(c2oc3ccccc3c(=O)c2C=O)C1. The van der Waals surface area contributed by atoms with Crippen molar-refractivity contribution in [3.05, 3.63) is 40.1 Å². The van der Waals surface area contributed by atoms with Crippen LogP contribution in [0.1, 0.15) is 16.8 Å². The molecule has 0 spiro atoms. The van der Waals surface area contributed by atoms with Crippen LogP contribution in [0.5, 0.6) is 0 Å². The minimum Gasteiger partial charge on any atom is -0.439 e. The van der Waals surface area contributed by atoms with Crippen molar-refractivity contribution < 1.29 is 22.4 Å². The Kier molecular flexibility index (Phi) is 3.98. The molecule has 8 nitrogen and oxygen atoms in total. The maximum atomic E-state index is 12.4. The Hall–Kier alpha value is -2.52. The van der Waals surface area contributed by atoms with Crippen molar-refractivity contribution in [2.24, 2.45) is 11.1 Å². The Labute approximate surface area is 136 Å². The summed E-state index contributed by atoms with van der Waals surface area (Å²) in [7, 11) is -3.74. The van der Waals surface area contributed by atoms with Crippen LogP contribution in [0.2, 0.25) is 0 Å². The monoisotopic (exact) mass is 350 g/mol. The van der Waals surface area contributed by atoms with Crippen molar-refractivity contribution in [2.75, 3.05) is 17.2 Å². The first-order valence-electron chi connectivity index (χ1n) is 7.12. The molecule has 3 rings (SSSR count). The van der Waals surface area contributed by atoms with Crippen LogP contribution in [-0.4, -0.2) is 32.9 Å². The van der Waals surface area contributed by atoms with E-state index in [1.807, 2.05) is 0 Å². The number of sulfonamides is 1. The topological polar surface area (TPSA) is 128 Å². The Bertz CT molecular complexity index is 995. The molecule has 0 bridgehead atoms. The van der Waals surface area contributed by atoms with Gasteiger partial charge in [0.1, 0.15) is 11.1 Å². The van der Waals surface area contributed by atoms with Gasteiger partial charge in [0.25, 0.3) is 0 Å². The predicted molar refractivity (Wildman–Crippen MR) is 86.3 cm³/mol. The number of fused-ring (bicyclic) bond motifs is 1. The van der Waals surface area contributed by atoms with Crippen molar-refractivity contribution in [3.63, 3.8) is 0 Å². The molecule has 1 aromatic carbocycles. The minimum absolute atomic E-state index is 0.0113. The van der Waals surface area contributed by atoms with Crippen molar-refractivity contribution in [1.82, 2.24) is 0 Å². The van der Waals surface area contributed by atoms with Gasteiger partial charge in [-0.25, -0.2) is 13.6 Å². The van der Waals surface area contributed by atoms with Crippen LogP contribution in [0.3, 0.4) is 0 Å². The summed E-state index contributed by atoms with van der Waals surface area (Å²) in [5.41, 5.74) is -0.561. The van der Waals surface area contributed by atoms with Gasteiger partial charge in [-0.3, -0.25) is 19.3 Å². The smallest absolute Gasteiger partial charge is 0.229 e. The number of para-hydroxylation sites is 1. The summed E-state index contributed by atoms with van der Waals surface area (Å²) in [5.74, 6) is -1.46. The largest absolute Gasteiger partial charge is 0.439 e. The van der Waals surface area contributed by atoms with Crippen LogP contribution in [0.25, 0.3) is 11.0 Å². The normalized spacial score (nSPS) is 18.3. The number of rotatable bonds is 4. The highest BCUT2D eigenvalue weighted by molar-refractivity contribution is 7.89. The Balaban J connectivity index is 2.08. The summed E-state index contributed by atoms with van der Waals surface area (Å²) >= 11 is 0. The van der Waals surface area contributed by atoms with E-state index in [0.717, 1.165) is 4.90 Å². The number of nitrogens with zero attached hydrogens (tertiary/aromatic N) is 1. The average Bonchev–Trinajstić information content (AvgIpc) is 2.85. The molecule has 0 saturated carbocycles. The van der Waals surface area contributed by atoms with E-state index in [1.54, 1.807) is 18.2 Å². The summed E-state index contributed by atoms with van der Waals surface area (Å²) in [5, 5.41) is 5.24. The van der Waals surface area contributed by atoms with Crippen molar-refractivity contribution in [1.29, 1.82) is 0 Å². The Morgan fingerprint density at radius 1 is 1.29 bits per heavy atom. The van der Waals surface area contributed by atoms with Gasteiger partial charge in [-0.1, -0.05) is 12.1 Å². The molecular weight excluding hydrogens is 336 g/mol. The lowest BCUT2D eigenvalue weighted by Crippen LogP contribution is -2.29. The maximum absolute atomic E-state index is 12.4. The summed E-state index contributed by atoms with van der Waals surface area (Å²) in [4.78, 5) is 37.1. The Morgan fingerprint density at radius 2 is 2.00 bits per heavy atom. The van der Waals surface area contributed by atoms with E-state index in [9.17, 15) is 22.8 Å². The zero-order valence-electron chi connectivity index (χ0n) is 12.5. The van der Waals surface area contributed by atoms with Crippen LogP contribution >= 0.6 is 0 Å². The summed E-state index contributed by atoms with van der Waals surface area (Å²) in [6, 6.07) is 6.37. The second-order valence-electron chi connectivity index (χ2n) is 5.67. The second-order valence-corrected chi connectivity index (χ2v) is 7.33. The molecule has 1 unspecified atom stereocenters. The molecule has 2 N–H and O–H groups in total. The first-order valence-corrected chi connectivity index (χ1v) is 8.83. The van der Waals surface area contributed by atoms with Gasteiger partial charge in [-0.2, -0.15) is 0 Å². The van der Waals surface area contributed by atoms with Crippen LogP contribution in [0, 0.1) is 5.92 Å². The lowest BCUT2D eigenvalue weighted by atomic mass is 10.1. The molecule has 1 atom stereocenters. The summed E-state index contributed by atoms with van der Waals surface area (Å²) in [6.45, 7) is 0.0113. The van der Waals surface area contributed by atoms with E-state index >= 15 is 0 Å². The zero-order chi connectivity index (χ0) is 17.5. The van der Waals surface area contributed by atoms with Gasteiger partial charge in [-0.15, -0.1) is 0 Å². The van der Waals surface area contributed by atoms with Crippen molar-refractivity contribution >= 4 is 39.1 Å². The molecule has 2 aromatic rings. The van der Waals surface area contributed by atoms with Gasteiger partial charge in [0, 0.05) is 18.9 Å². The fraction of sp³-hybridized carbons (Fsp3) is 0.267. The molecule has 1 amide bonds. The highest BCUT2D eigenvalue weighted by Gasteiger charge is 2.36. The van der Waals surface area contributed by atoms with Crippen molar-refractivity contribution in [2.45, 2.75) is 6.42 Å². The van der Waals surface area contributed by atoms with E-state index < -0.39 is 27.3 Å². The van der Waals surface area contributed by atoms with Crippen LogP contribution in [0.15, 0.2) is 33.5 Å². The lowest BCUT2D eigenvalue weighted by Gasteiger charge is -2.17. The first-order chi connectivity index (χ1) is 11.3. The molecular formula is C15H14N2O6S. The number of carbonyl (C=O) groups excluding carboxylic acids is 2. The zero-order valence-corrected chi connectivity index (χ0v) is 13.3. The number of hydrogen-bond acceptors (Lipinski definition) is 6. The van der Waals surface area contributed by atoms with E-state index in [0.29, 0.717) is 6.29 Å². The van der Waals surface area contributed by atoms with Crippen LogP contribution in [0.4, 0.5) is 5.88 Å². The van der Waals surface area contributed by atoms with Gasteiger partial charge in [0.05, 0.1) is 11.1 Å². The molecule has 9 heteroatoms. The maximum Gasteiger partial charge on any atom is 0.229 e. The van der Waals surface area contributed by atoms with Gasteiger partial charge < -0.3 is 4.42 Å². The van der Waals surface area contributed by atoms with E-state index in [4.69, 9.17) is 9.56 Å². The predicted octanol–water partition coefficient (Wildman–Crippen LogP) is 0.247. The lowest BCUT2D eigenvalue weighted by molar-refractivity contribution is -0.117. The second kappa shape index (κ2) is 5.84. The third kappa shape index (κ3) is 2.95. The molecule has 1 aliphatic heterocycles. The standard InChI is InChI=1S/C15H14N2O6S/c16-24(21,22)8-9-5-13(19)17(6-9)15-11(7-18)14(20)10-3-1-2-4-12(10)23-15/h1-4,7,9H,5-6,8H2,(H2,16,21,22).